The van der Waals surface area contributed by atoms with Gasteiger partial charge in [-0.25, -0.2) is 0 Å². The molecule has 2 fully saturated rings. The van der Waals surface area contributed by atoms with Crippen molar-refractivity contribution in [1.29, 1.82) is 0 Å². The van der Waals surface area contributed by atoms with Crippen molar-refractivity contribution in [3.63, 3.8) is 0 Å². The molecule has 0 spiro atoms. The normalized spacial score (nSPS) is 26.8. The lowest BCUT2D eigenvalue weighted by molar-refractivity contribution is -0.332. The number of aliphatic hydroxyl groups is 7. The number of rotatable bonds is 39. The number of hydrogen-bond acceptors (Lipinski definition) is 14. The molecular weight excluding hydrogens is 849 g/mol. The molecule has 0 aromatic rings. The summed E-state index contributed by atoms with van der Waals surface area (Å²) in [6.45, 7) is 3.45. The summed E-state index contributed by atoms with van der Waals surface area (Å²) in [6, 6.07) is 0. The maximum Gasteiger partial charge on any atom is 0.310 e. The molecule has 0 saturated carbocycles. The van der Waals surface area contributed by atoms with E-state index in [4.69, 9.17) is 28.4 Å². The first-order chi connectivity index (χ1) is 32.1. The predicted octanol–water partition coefficient (Wildman–Crippen LogP) is 7.35. The third-order valence-electron chi connectivity index (χ3n) is 11.8. The van der Waals surface area contributed by atoms with Gasteiger partial charge in [-0.3, -0.25) is 4.79 Å². The summed E-state index contributed by atoms with van der Waals surface area (Å²) in [5.41, 5.74) is 0. The minimum absolute atomic E-state index is 0.0217. The molecule has 2 aliphatic rings. The molecule has 11 atom stereocenters. The fraction of sp³-hybridized carbons (Fsp3) is 0.788. The lowest BCUT2D eigenvalue weighted by Gasteiger charge is -2.42. The highest BCUT2D eigenvalue weighted by atomic mass is 16.7. The lowest BCUT2D eigenvalue weighted by Crippen LogP contribution is -2.61. The van der Waals surface area contributed by atoms with E-state index in [0.29, 0.717) is 13.0 Å². The van der Waals surface area contributed by atoms with E-state index in [-0.39, 0.29) is 19.6 Å². The Morgan fingerprint density at radius 1 is 0.500 bits per heavy atom. The van der Waals surface area contributed by atoms with Crippen LogP contribution in [-0.4, -0.2) is 142 Å². The number of carbonyl (C=O) groups excluding carboxylic acids is 1. The first-order valence-electron chi connectivity index (χ1n) is 25.4. The van der Waals surface area contributed by atoms with Crippen LogP contribution in [0.4, 0.5) is 0 Å². The van der Waals surface area contributed by atoms with Crippen LogP contribution in [0.15, 0.2) is 60.8 Å². The highest BCUT2D eigenvalue weighted by molar-refractivity contribution is 5.71. The molecule has 7 N–H and O–H groups in total. The van der Waals surface area contributed by atoms with Gasteiger partial charge in [0.15, 0.2) is 12.6 Å². The van der Waals surface area contributed by atoms with Gasteiger partial charge in [-0.05, 0) is 38.5 Å². The Hall–Kier alpha value is -2.31. The summed E-state index contributed by atoms with van der Waals surface area (Å²) in [5.74, 6) is -0.502. The van der Waals surface area contributed by atoms with E-state index >= 15 is 0 Å². The number of aliphatic hydroxyl groups excluding tert-OH is 7. The van der Waals surface area contributed by atoms with Crippen molar-refractivity contribution < 1.29 is 69.0 Å². The van der Waals surface area contributed by atoms with E-state index in [0.717, 1.165) is 44.9 Å². The van der Waals surface area contributed by atoms with Crippen LogP contribution in [0.25, 0.3) is 0 Å². The van der Waals surface area contributed by atoms with Crippen molar-refractivity contribution >= 4 is 5.97 Å². The maximum atomic E-state index is 12.9. The lowest BCUT2D eigenvalue weighted by atomic mass is 9.98. The first-order valence-corrected chi connectivity index (χ1v) is 25.4. The molecule has 11 unspecified atom stereocenters. The molecule has 0 aliphatic carbocycles. The summed E-state index contributed by atoms with van der Waals surface area (Å²) in [5, 5.41) is 72.1. The second kappa shape index (κ2) is 39.5. The number of esters is 1. The predicted molar refractivity (Wildman–Crippen MR) is 256 cm³/mol. The minimum Gasteiger partial charge on any atom is -0.457 e. The first kappa shape index (κ1) is 59.8. The molecule has 2 saturated heterocycles. The van der Waals surface area contributed by atoms with Gasteiger partial charge in [-0.1, -0.05) is 177 Å². The second-order valence-corrected chi connectivity index (χ2v) is 17.6. The Balaban J connectivity index is 1.81. The molecule has 2 rings (SSSR count). The van der Waals surface area contributed by atoms with Crippen LogP contribution in [0.5, 0.6) is 0 Å². The Bertz CT molecular complexity index is 1320. The topological polar surface area (TPSA) is 214 Å². The van der Waals surface area contributed by atoms with E-state index in [1.54, 1.807) is 6.08 Å². The third kappa shape index (κ3) is 27.0. The van der Waals surface area contributed by atoms with Crippen LogP contribution < -0.4 is 0 Å². The van der Waals surface area contributed by atoms with Crippen molar-refractivity contribution in [2.45, 2.75) is 229 Å². The van der Waals surface area contributed by atoms with Crippen LogP contribution in [0.2, 0.25) is 0 Å². The monoisotopic (exact) mass is 939 g/mol. The van der Waals surface area contributed by atoms with E-state index in [1.807, 2.05) is 12.2 Å². The minimum atomic E-state index is -1.72. The standard InChI is InChI=1S/C52H90O14/c1-3-5-7-9-11-13-15-17-19-20-22-24-26-28-30-32-34-36-61-38-41(64-44(54)35-33-31-29-27-25-23-21-18-16-14-12-10-8-6-4-2)39-62-51-50(60)48(58)46(56)43(66-51)40-63-52-49(59)47(57)45(55)42(37-53)65-52/h6,8,12,14,18,21,25,27,31,33,41-43,45-53,55-60H,3-5,7,9-11,13,15-17,19-20,22-24,26,28-30,32,34-40H2,1-2H3/b8-6-,14-12-,21-18-,27-25-,33-31-. The largest absolute Gasteiger partial charge is 0.457 e. The van der Waals surface area contributed by atoms with Gasteiger partial charge in [-0.15, -0.1) is 0 Å². The molecule has 14 nitrogen and oxygen atoms in total. The molecule has 0 bridgehead atoms. The van der Waals surface area contributed by atoms with Gasteiger partial charge in [0.05, 0.1) is 32.8 Å². The number of unbranched alkanes of at least 4 members (excludes halogenated alkanes) is 16. The van der Waals surface area contributed by atoms with E-state index < -0.39 is 86.7 Å². The molecule has 0 radical (unpaired) electrons. The molecular formula is C52H90O14. The molecule has 14 heteroatoms. The van der Waals surface area contributed by atoms with Crippen LogP contribution in [0, 0.1) is 0 Å². The quantitative estimate of drug-likeness (QED) is 0.0183. The highest BCUT2D eigenvalue weighted by Gasteiger charge is 2.47. The van der Waals surface area contributed by atoms with Crippen molar-refractivity contribution in [1.82, 2.24) is 0 Å². The highest BCUT2D eigenvalue weighted by Crippen LogP contribution is 2.26. The second-order valence-electron chi connectivity index (χ2n) is 17.6. The fourth-order valence-corrected chi connectivity index (χ4v) is 7.71. The Labute approximate surface area is 396 Å². The smallest absolute Gasteiger partial charge is 0.310 e. The zero-order valence-corrected chi connectivity index (χ0v) is 40.4. The summed E-state index contributed by atoms with van der Waals surface area (Å²) in [4.78, 5) is 12.9. The van der Waals surface area contributed by atoms with Crippen molar-refractivity contribution in [2.75, 3.05) is 33.0 Å². The third-order valence-corrected chi connectivity index (χ3v) is 11.8. The number of hydrogen-bond donors (Lipinski definition) is 7. The number of carbonyl (C=O) groups is 1. The maximum absolute atomic E-state index is 12.9. The summed E-state index contributed by atoms with van der Waals surface area (Å²) >= 11 is 0. The van der Waals surface area contributed by atoms with Crippen molar-refractivity contribution in [2.24, 2.45) is 0 Å². The van der Waals surface area contributed by atoms with Gasteiger partial charge in [-0.2, -0.15) is 0 Å². The van der Waals surface area contributed by atoms with E-state index in [2.05, 4.69) is 56.4 Å². The Kier molecular flexibility index (Phi) is 35.8. The van der Waals surface area contributed by atoms with E-state index in [1.165, 1.54) is 89.9 Å². The molecule has 2 aliphatic heterocycles. The SMILES string of the molecule is CC/C=C\C/C=C\C/C=C\C/C=C\C/C=C\CC(=O)OC(COCCCCCCCCCCCCCCCCCCC)COC1OC(COC2OC(CO)C(O)C(O)C2O)C(O)C(O)C1O. The Morgan fingerprint density at radius 2 is 0.924 bits per heavy atom. The van der Waals surface area contributed by atoms with Crippen LogP contribution >= 0.6 is 0 Å². The van der Waals surface area contributed by atoms with Gasteiger partial charge in [0.2, 0.25) is 0 Å². The van der Waals surface area contributed by atoms with Crippen LogP contribution in [0.3, 0.4) is 0 Å². The van der Waals surface area contributed by atoms with Gasteiger partial charge in [0.25, 0.3) is 0 Å². The Morgan fingerprint density at radius 3 is 1.41 bits per heavy atom. The van der Waals surface area contributed by atoms with Gasteiger partial charge < -0.3 is 64.2 Å². The van der Waals surface area contributed by atoms with Gasteiger partial charge in [0.1, 0.15) is 54.9 Å². The summed E-state index contributed by atoms with van der Waals surface area (Å²) in [7, 11) is 0. The van der Waals surface area contributed by atoms with Gasteiger partial charge in [0, 0.05) is 6.61 Å². The molecule has 382 valence electrons. The molecule has 0 aromatic heterocycles. The van der Waals surface area contributed by atoms with Gasteiger partial charge >= 0.3 is 5.97 Å². The van der Waals surface area contributed by atoms with Crippen LogP contribution in [0.1, 0.15) is 162 Å². The molecule has 0 amide bonds. The molecule has 2 heterocycles. The fourth-order valence-electron chi connectivity index (χ4n) is 7.71. The van der Waals surface area contributed by atoms with Crippen molar-refractivity contribution in [3.8, 4) is 0 Å². The zero-order chi connectivity index (χ0) is 48.0. The molecule has 0 aromatic carbocycles. The molecule has 66 heavy (non-hydrogen) atoms. The zero-order valence-electron chi connectivity index (χ0n) is 40.4. The van der Waals surface area contributed by atoms with E-state index in [9.17, 15) is 40.5 Å². The average molecular weight is 939 g/mol. The van der Waals surface area contributed by atoms with Crippen LogP contribution in [-0.2, 0) is 33.2 Å². The summed E-state index contributed by atoms with van der Waals surface area (Å²) < 4.78 is 34.1. The summed E-state index contributed by atoms with van der Waals surface area (Å²) in [6.07, 6.45) is 30.3. The number of ether oxygens (including phenoxy) is 6. The average Bonchev–Trinajstić information content (AvgIpc) is 3.31. The number of allylic oxidation sites excluding steroid dienone is 9. The van der Waals surface area contributed by atoms with Crippen molar-refractivity contribution in [3.05, 3.63) is 60.8 Å².